The van der Waals surface area contributed by atoms with Gasteiger partial charge >= 0.3 is 17.8 Å². The van der Waals surface area contributed by atoms with Crippen molar-refractivity contribution >= 4 is 29.4 Å². The molecule has 0 fully saturated rings. The minimum Gasteiger partial charge on any atom is -0.485 e. The molecule has 0 saturated carbocycles. The van der Waals surface area contributed by atoms with Gasteiger partial charge in [-0.25, -0.2) is 8.78 Å². The largest absolute Gasteiger partial charge is 0.485 e. The smallest absolute Gasteiger partial charge is 0.313 e. The molecular formula is C30H37F4N3O7. The summed E-state index contributed by atoms with van der Waals surface area (Å²) >= 11 is 0. The van der Waals surface area contributed by atoms with Gasteiger partial charge in [0.2, 0.25) is 17.5 Å². The van der Waals surface area contributed by atoms with Crippen LogP contribution in [0.4, 0.5) is 23.2 Å². The number of anilines is 1. The second kappa shape index (κ2) is 14.5. The first-order valence-corrected chi connectivity index (χ1v) is 13.6. The Morgan fingerprint density at radius 3 is 2.00 bits per heavy atom. The van der Waals surface area contributed by atoms with Gasteiger partial charge in [0.15, 0.2) is 17.4 Å². The predicted molar refractivity (Wildman–Crippen MR) is 152 cm³/mol. The summed E-state index contributed by atoms with van der Waals surface area (Å²) in [6, 6.07) is 3.91. The molecule has 2 rings (SSSR count). The van der Waals surface area contributed by atoms with Crippen LogP contribution in [-0.2, 0) is 29.3 Å². The maximum absolute atomic E-state index is 14.0. The molecule has 2 aromatic carbocycles. The van der Waals surface area contributed by atoms with Crippen LogP contribution in [-0.4, -0.2) is 59.2 Å². The fourth-order valence-electron chi connectivity index (χ4n) is 3.87. The standard InChI is InChI=1S/C30H37F4N3O7/c1-15(35-27(41)28(42)36-19-11-9-8-10-16(19)29(2,3)4)26(40)37-20(13-22(39)44-30(5,6)7)21(38)14-43-25-23(33)17(31)12-18(32)24(25)34/h8-12,15,20-21,38H,13-14H2,1-7H3,(H,35,41)(H,36,42)(H,37,40). The molecule has 242 valence electrons. The fraction of sp³-hybridized carbons (Fsp3) is 0.467. The lowest BCUT2D eigenvalue weighted by atomic mass is 9.86. The van der Waals surface area contributed by atoms with Crippen LogP contribution in [0.25, 0.3) is 0 Å². The summed E-state index contributed by atoms with van der Waals surface area (Å²) in [6.07, 6.45) is -2.56. The highest BCUT2D eigenvalue weighted by atomic mass is 19.2. The zero-order chi connectivity index (χ0) is 33.6. The Balaban J connectivity index is 2.15. The van der Waals surface area contributed by atoms with Crippen molar-refractivity contribution in [3.8, 4) is 5.75 Å². The van der Waals surface area contributed by atoms with E-state index in [1.54, 1.807) is 45.0 Å². The normalized spacial score (nSPS) is 13.7. The lowest BCUT2D eigenvalue weighted by molar-refractivity contribution is -0.156. The van der Waals surface area contributed by atoms with Crippen molar-refractivity contribution in [1.29, 1.82) is 0 Å². The predicted octanol–water partition coefficient (Wildman–Crippen LogP) is 3.64. The molecule has 2 aromatic rings. The van der Waals surface area contributed by atoms with Crippen LogP contribution < -0.4 is 20.7 Å². The SMILES string of the molecule is CC(NC(=O)C(=O)Nc1ccccc1C(C)(C)C)C(=O)NC(CC(=O)OC(C)(C)C)C(O)COc1c(F)c(F)cc(F)c1F. The average molecular weight is 628 g/mol. The highest BCUT2D eigenvalue weighted by Gasteiger charge is 2.31. The Labute approximate surface area is 252 Å². The van der Waals surface area contributed by atoms with E-state index in [9.17, 15) is 41.8 Å². The van der Waals surface area contributed by atoms with E-state index in [2.05, 4.69) is 16.0 Å². The molecule has 3 atom stereocenters. The van der Waals surface area contributed by atoms with Gasteiger partial charge in [-0.05, 0) is 44.7 Å². The molecule has 10 nitrogen and oxygen atoms in total. The molecule has 3 unspecified atom stereocenters. The Hall–Kier alpha value is -4.20. The second-order valence-corrected chi connectivity index (χ2v) is 12.0. The first kappa shape index (κ1) is 36.0. The van der Waals surface area contributed by atoms with Gasteiger partial charge in [0.05, 0.1) is 12.5 Å². The van der Waals surface area contributed by atoms with Crippen LogP contribution in [0, 0.1) is 23.3 Å². The van der Waals surface area contributed by atoms with Gasteiger partial charge in [0.25, 0.3) is 0 Å². The molecule has 14 heteroatoms. The highest BCUT2D eigenvalue weighted by Crippen LogP contribution is 2.29. The fourth-order valence-corrected chi connectivity index (χ4v) is 3.87. The molecule has 0 aromatic heterocycles. The van der Waals surface area contributed by atoms with E-state index in [1.165, 1.54) is 6.92 Å². The highest BCUT2D eigenvalue weighted by molar-refractivity contribution is 6.40. The average Bonchev–Trinajstić information content (AvgIpc) is 2.89. The van der Waals surface area contributed by atoms with E-state index in [-0.39, 0.29) is 11.5 Å². The zero-order valence-electron chi connectivity index (χ0n) is 25.4. The summed E-state index contributed by atoms with van der Waals surface area (Å²) < 4.78 is 65.1. The number of hydrogen-bond donors (Lipinski definition) is 4. The van der Waals surface area contributed by atoms with E-state index in [1.807, 2.05) is 20.8 Å². The van der Waals surface area contributed by atoms with Gasteiger partial charge < -0.3 is 30.5 Å². The Kier molecular flexibility index (Phi) is 11.9. The molecule has 0 bridgehead atoms. The van der Waals surface area contributed by atoms with E-state index >= 15 is 0 Å². The van der Waals surface area contributed by atoms with E-state index in [0.717, 1.165) is 5.56 Å². The van der Waals surface area contributed by atoms with Crippen LogP contribution in [0.5, 0.6) is 5.75 Å². The first-order chi connectivity index (χ1) is 20.2. The molecule has 0 aliphatic heterocycles. The molecule has 0 radical (unpaired) electrons. The van der Waals surface area contributed by atoms with Gasteiger partial charge in [-0.3, -0.25) is 19.2 Å². The number of esters is 1. The summed E-state index contributed by atoms with van der Waals surface area (Å²) in [7, 11) is 0. The van der Waals surface area contributed by atoms with E-state index in [0.29, 0.717) is 5.69 Å². The summed E-state index contributed by atoms with van der Waals surface area (Å²) in [5.41, 5.74) is -0.168. The van der Waals surface area contributed by atoms with Crippen LogP contribution in [0.15, 0.2) is 30.3 Å². The van der Waals surface area contributed by atoms with Gasteiger partial charge in [-0.15, -0.1) is 0 Å². The number of rotatable bonds is 10. The molecule has 0 spiro atoms. The van der Waals surface area contributed by atoms with Crippen molar-refractivity contribution in [1.82, 2.24) is 10.6 Å². The zero-order valence-corrected chi connectivity index (χ0v) is 25.4. The number of nitrogens with one attached hydrogen (secondary N) is 3. The number of aliphatic hydroxyl groups is 1. The third-order valence-corrected chi connectivity index (χ3v) is 6.00. The maximum Gasteiger partial charge on any atom is 0.313 e. The van der Waals surface area contributed by atoms with Crippen LogP contribution in [0.1, 0.15) is 60.5 Å². The lowest BCUT2D eigenvalue weighted by Crippen LogP contribution is -2.54. The monoisotopic (exact) mass is 627 g/mol. The molecule has 0 heterocycles. The molecular weight excluding hydrogens is 590 g/mol. The Morgan fingerprint density at radius 1 is 0.886 bits per heavy atom. The van der Waals surface area contributed by atoms with Crippen molar-refractivity contribution < 1.29 is 51.3 Å². The number of benzene rings is 2. The molecule has 0 aliphatic carbocycles. The van der Waals surface area contributed by atoms with Crippen molar-refractivity contribution in [2.45, 2.75) is 84.1 Å². The van der Waals surface area contributed by atoms with Gasteiger partial charge in [0, 0.05) is 11.8 Å². The van der Waals surface area contributed by atoms with Gasteiger partial charge in [-0.1, -0.05) is 39.0 Å². The molecule has 0 aliphatic rings. The van der Waals surface area contributed by atoms with Crippen LogP contribution >= 0.6 is 0 Å². The third-order valence-electron chi connectivity index (χ3n) is 6.00. The number of halogens is 4. The molecule has 44 heavy (non-hydrogen) atoms. The van der Waals surface area contributed by atoms with Crippen molar-refractivity contribution in [3.05, 3.63) is 59.2 Å². The molecule has 3 amide bonds. The topological polar surface area (TPSA) is 143 Å². The minimum atomic E-state index is -1.88. The van der Waals surface area contributed by atoms with Crippen molar-refractivity contribution in [3.63, 3.8) is 0 Å². The van der Waals surface area contributed by atoms with Crippen molar-refractivity contribution in [2.75, 3.05) is 11.9 Å². The first-order valence-electron chi connectivity index (χ1n) is 13.6. The summed E-state index contributed by atoms with van der Waals surface area (Å²) in [5.74, 6) is -12.8. The Bertz CT molecular complexity index is 1360. The number of hydrogen-bond acceptors (Lipinski definition) is 7. The Morgan fingerprint density at radius 2 is 1.45 bits per heavy atom. The van der Waals surface area contributed by atoms with E-state index in [4.69, 9.17) is 9.47 Å². The van der Waals surface area contributed by atoms with Crippen LogP contribution in [0.2, 0.25) is 0 Å². The van der Waals surface area contributed by atoms with Crippen molar-refractivity contribution in [2.24, 2.45) is 0 Å². The van der Waals surface area contributed by atoms with E-state index < -0.39 is 89.5 Å². The number of aliphatic hydroxyl groups excluding tert-OH is 1. The van der Waals surface area contributed by atoms with Gasteiger partial charge in [0.1, 0.15) is 24.4 Å². The quantitative estimate of drug-likeness (QED) is 0.136. The number of carbonyl (C=O) groups is 4. The number of carbonyl (C=O) groups excluding carboxylic acids is 4. The number of amides is 3. The minimum absolute atomic E-state index is 0.0290. The number of para-hydroxylation sites is 1. The maximum atomic E-state index is 14.0. The number of ether oxygens (including phenoxy) is 2. The van der Waals surface area contributed by atoms with Gasteiger partial charge in [-0.2, -0.15) is 8.78 Å². The van der Waals surface area contributed by atoms with Crippen LogP contribution in [0.3, 0.4) is 0 Å². The second-order valence-electron chi connectivity index (χ2n) is 12.0. The summed E-state index contributed by atoms with van der Waals surface area (Å²) in [4.78, 5) is 50.6. The lowest BCUT2D eigenvalue weighted by Gasteiger charge is -2.27. The summed E-state index contributed by atoms with van der Waals surface area (Å²) in [6.45, 7) is 10.6. The molecule has 4 N–H and O–H groups in total. The molecule has 0 saturated heterocycles. The summed E-state index contributed by atoms with van der Waals surface area (Å²) in [5, 5.41) is 17.7. The third kappa shape index (κ3) is 10.2.